The number of para-hydroxylation sites is 1. The molecule has 2 nitrogen and oxygen atoms in total. The summed E-state index contributed by atoms with van der Waals surface area (Å²) in [5.41, 5.74) is 9.80. The third-order valence-corrected chi connectivity index (χ3v) is 2.91. The molecule has 88 valence electrons. The second-order valence-corrected chi connectivity index (χ2v) is 4.45. The first-order valence-corrected chi connectivity index (χ1v) is 5.88. The molecule has 0 amide bonds. The number of rotatable bonds is 3. The van der Waals surface area contributed by atoms with Gasteiger partial charge in [-0.2, -0.15) is 0 Å². The largest absolute Gasteiger partial charge is 0.397 e. The molecule has 17 heavy (non-hydrogen) atoms. The summed E-state index contributed by atoms with van der Waals surface area (Å²) >= 11 is 6.08. The number of aryl methyl sites for hydroxylation is 1. The number of hydrogen-bond donors (Lipinski definition) is 2. The number of nitrogen functional groups attached to an aromatic ring is 1. The quantitative estimate of drug-likeness (QED) is 0.808. The van der Waals surface area contributed by atoms with E-state index in [1.807, 2.05) is 24.3 Å². The van der Waals surface area contributed by atoms with Crippen LogP contribution >= 0.6 is 11.6 Å². The van der Waals surface area contributed by atoms with Crippen LogP contribution in [0.1, 0.15) is 11.1 Å². The van der Waals surface area contributed by atoms with E-state index in [1.165, 1.54) is 11.1 Å². The van der Waals surface area contributed by atoms with E-state index >= 15 is 0 Å². The van der Waals surface area contributed by atoms with E-state index in [0.29, 0.717) is 10.7 Å². The summed E-state index contributed by atoms with van der Waals surface area (Å²) in [5, 5.41) is 3.92. The highest BCUT2D eigenvalue weighted by Crippen LogP contribution is 2.28. The lowest BCUT2D eigenvalue weighted by atomic mass is 10.1. The molecule has 3 heteroatoms. The van der Waals surface area contributed by atoms with Gasteiger partial charge in [0, 0.05) is 6.54 Å². The minimum absolute atomic E-state index is 0.651. The first-order chi connectivity index (χ1) is 8.16. The van der Waals surface area contributed by atoms with Crippen LogP contribution < -0.4 is 11.1 Å². The van der Waals surface area contributed by atoms with E-state index in [1.54, 1.807) is 0 Å². The molecule has 0 radical (unpaired) electrons. The Morgan fingerprint density at radius 2 is 1.94 bits per heavy atom. The molecule has 0 bridgehead atoms. The minimum Gasteiger partial charge on any atom is -0.397 e. The Morgan fingerprint density at radius 1 is 1.18 bits per heavy atom. The molecule has 0 aromatic heterocycles. The van der Waals surface area contributed by atoms with Crippen LogP contribution in [-0.4, -0.2) is 0 Å². The molecule has 0 unspecified atom stereocenters. The van der Waals surface area contributed by atoms with Crippen molar-refractivity contribution in [2.45, 2.75) is 13.5 Å². The molecular formula is C14H15ClN2. The van der Waals surface area contributed by atoms with E-state index < -0.39 is 0 Å². The van der Waals surface area contributed by atoms with Crippen LogP contribution in [0.2, 0.25) is 5.02 Å². The van der Waals surface area contributed by atoms with Crippen molar-refractivity contribution in [3.05, 3.63) is 58.6 Å². The Balaban J connectivity index is 2.13. The Kier molecular flexibility index (Phi) is 3.55. The number of nitrogens with two attached hydrogens (primary N) is 1. The third kappa shape index (κ3) is 2.92. The molecule has 0 spiro atoms. The number of hydrogen-bond acceptors (Lipinski definition) is 2. The van der Waals surface area contributed by atoms with Gasteiger partial charge in [0.1, 0.15) is 0 Å². The minimum atomic E-state index is 0.651. The maximum Gasteiger partial charge on any atom is 0.0765 e. The average Bonchev–Trinajstić information content (AvgIpc) is 2.28. The molecule has 0 saturated heterocycles. The van der Waals surface area contributed by atoms with Gasteiger partial charge in [0.05, 0.1) is 16.4 Å². The Bertz CT molecular complexity index is 503. The van der Waals surface area contributed by atoms with Crippen LogP contribution in [-0.2, 0) is 6.54 Å². The zero-order chi connectivity index (χ0) is 12.3. The summed E-state index contributed by atoms with van der Waals surface area (Å²) in [7, 11) is 0. The second kappa shape index (κ2) is 5.11. The number of anilines is 2. The standard InChI is InChI=1S/C14H15ClN2/c1-10-4-2-5-11(8-10)9-17-14-12(15)6-3-7-13(14)16/h2-8,17H,9,16H2,1H3. The number of nitrogens with one attached hydrogen (secondary N) is 1. The van der Waals surface area contributed by atoms with Crippen LogP contribution in [0.15, 0.2) is 42.5 Å². The van der Waals surface area contributed by atoms with E-state index in [-0.39, 0.29) is 0 Å². The van der Waals surface area contributed by atoms with Crippen LogP contribution in [0.3, 0.4) is 0 Å². The van der Waals surface area contributed by atoms with Crippen LogP contribution in [0, 0.1) is 6.92 Å². The van der Waals surface area contributed by atoms with Crippen LogP contribution in [0.25, 0.3) is 0 Å². The normalized spacial score (nSPS) is 10.2. The van der Waals surface area contributed by atoms with Crippen molar-refractivity contribution in [3.63, 3.8) is 0 Å². The molecule has 0 fully saturated rings. The topological polar surface area (TPSA) is 38.0 Å². The van der Waals surface area contributed by atoms with Gasteiger partial charge in [-0.25, -0.2) is 0 Å². The maximum atomic E-state index is 6.08. The molecule has 2 aromatic rings. The van der Waals surface area contributed by atoms with E-state index in [2.05, 4.69) is 30.4 Å². The lowest BCUT2D eigenvalue weighted by molar-refractivity contribution is 1.14. The first kappa shape index (κ1) is 11.8. The predicted octanol–water partition coefficient (Wildman–Crippen LogP) is 3.84. The summed E-state index contributed by atoms with van der Waals surface area (Å²) in [5.74, 6) is 0. The van der Waals surface area contributed by atoms with Crippen molar-refractivity contribution in [2.24, 2.45) is 0 Å². The molecule has 2 aromatic carbocycles. The zero-order valence-electron chi connectivity index (χ0n) is 9.70. The average molecular weight is 247 g/mol. The molecule has 0 atom stereocenters. The second-order valence-electron chi connectivity index (χ2n) is 4.05. The SMILES string of the molecule is Cc1cccc(CNc2c(N)cccc2Cl)c1. The summed E-state index contributed by atoms with van der Waals surface area (Å²) < 4.78 is 0. The van der Waals surface area contributed by atoms with Crippen molar-refractivity contribution in [1.29, 1.82) is 0 Å². The summed E-state index contributed by atoms with van der Waals surface area (Å²) in [6, 6.07) is 13.8. The number of benzene rings is 2. The van der Waals surface area contributed by atoms with Crippen molar-refractivity contribution < 1.29 is 0 Å². The highest BCUT2D eigenvalue weighted by Gasteiger charge is 2.03. The Labute approximate surface area is 106 Å². The summed E-state index contributed by atoms with van der Waals surface area (Å²) in [6.07, 6.45) is 0. The van der Waals surface area contributed by atoms with Crippen LogP contribution in [0.4, 0.5) is 11.4 Å². The van der Waals surface area contributed by atoms with Gasteiger partial charge in [0.25, 0.3) is 0 Å². The third-order valence-electron chi connectivity index (χ3n) is 2.60. The van der Waals surface area contributed by atoms with Crippen molar-refractivity contribution >= 4 is 23.0 Å². The molecule has 0 heterocycles. The van der Waals surface area contributed by atoms with E-state index in [9.17, 15) is 0 Å². The van der Waals surface area contributed by atoms with E-state index in [4.69, 9.17) is 17.3 Å². The molecule has 0 aliphatic rings. The van der Waals surface area contributed by atoms with Crippen molar-refractivity contribution in [1.82, 2.24) is 0 Å². The van der Waals surface area contributed by atoms with Gasteiger partial charge in [-0.05, 0) is 24.6 Å². The van der Waals surface area contributed by atoms with Gasteiger partial charge in [0.2, 0.25) is 0 Å². The monoisotopic (exact) mass is 246 g/mol. The molecule has 0 aliphatic carbocycles. The van der Waals surface area contributed by atoms with Gasteiger partial charge in [-0.3, -0.25) is 0 Å². The van der Waals surface area contributed by atoms with Gasteiger partial charge >= 0.3 is 0 Å². The van der Waals surface area contributed by atoms with Gasteiger partial charge < -0.3 is 11.1 Å². The molecule has 2 rings (SSSR count). The van der Waals surface area contributed by atoms with Gasteiger partial charge in [0.15, 0.2) is 0 Å². The predicted molar refractivity (Wildman–Crippen MR) is 74.4 cm³/mol. The molecule has 0 aliphatic heterocycles. The van der Waals surface area contributed by atoms with Gasteiger partial charge in [-0.1, -0.05) is 47.5 Å². The van der Waals surface area contributed by atoms with Crippen molar-refractivity contribution in [3.8, 4) is 0 Å². The highest BCUT2D eigenvalue weighted by molar-refractivity contribution is 6.33. The molecule has 3 N–H and O–H groups in total. The smallest absolute Gasteiger partial charge is 0.0765 e. The zero-order valence-corrected chi connectivity index (χ0v) is 10.5. The Morgan fingerprint density at radius 3 is 2.65 bits per heavy atom. The maximum absolute atomic E-state index is 6.08. The summed E-state index contributed by atoms with van der Waals surface area (Å²) in [4.78, 5) is 0. The fourth-order valence-corrected chi connectivity index (χ4v) is 1.99. The molecule has 0 saturated carbocycles. The summed E-state index contributed by atoms with van der Waals surface area (Å²) in [6.45, 7) is 2.79. The fraction of sp³-hybridized carbons (Fsp3) is 0.143. The first-order valence-electron chi connectivity index (χ1n) is 5.50. The lowest BCUT2D eigenvalue weighted by Gasteiger charge is -2.11. The fourth-order valence-electron chi connectivity index (χ4n) is 1.74. The van der Waals surface area contributed by atoms with Crippen LogP contribution in [0.5, 0.6) is 0 Å². The molecular weight excluding hydrogens is 232 g/mol. The number of halogens is 1. The van der Waals surface area contributed by atoms with E-state index in [0.717, 1.165) is 12.2 Å². The van der Waals surface area contributed by atoms with Gasteiger partial charge in [-0.15, -0.1) is 0 Å². The lowest BCUT2D eigenvalue weighted by Crippen LogP contribution is -2.03. The Hall–Kier alpha value is -1.67. The highest BCUT2D eigenvalue weighted by atomic mass is 35.5. The van der Waals surface area contributed by atoms with Crippen molar-refractivity contribution in [2.75, 3.05) is 11.1 Å².